The van der Waals surface area contributed by atoms with Crippen LogP contribution in [-0.4, -0.2) is 44.2 Å². The van der Waals surface area contributed by atoms with E-state index in [-0.39, 0.29) is 17.3 Å². The third-order valence-corrected chi connectivity index (χ3v) is 7.44. The summed E-state index contributed by atoms with van der Waals surface area (Å²) in [6.45, 7) is 2.81. The fourth-order valence-corrected chi connectivity index (χ4v) is 5.06. The standard InChI is InChI=1S/C25H29NO5S/c1-2-20-7-12-22(13-8-20)24(27)19-31-25(28)16-11-21-9-14-23(15-10-21)32(29,30)26-17-5-3-4-6-18-26/h7-16H,2-6,17-19H2,1H3/b16-11+. The van der Waals surface area contributed by atoms with Crippen molar-refractivity contribution in [2.45, 2.75) is 43.9 Å². The maximum absolute atomic E-state index is 12.8. The number of hydrogen-bond acceptors (Lipinski definition) is 5. The molecule has 0 unspecified atom stereocenters. The first-order chi connectivity index (χ1) is 15.4. The quantitative estimate of drug-likeness (QED) is 0.338. The van der Waals surface area contributed by atoms with Crippen molar-refractivity contribution >= 4 is 27.9 Å². The number of nitrogens with zero attached hydrogens (tertiary/aromatic N) is 1. The van der Waals surface area contributed by atoms with Crippen molar-refractivity contribution in [3.63, 3.8) is 0 Å². The largest absolute Gasteiger partial charge is 0.454 e. The van der Waals surface area contributed by atoms with E-state index in [0.29, 0.717) is 24.2 Å². The molecule has 0 atom stereocenters. The number of ketones is 1. The van der Waals surface area contributed by atoms with Crippen LogP contribution in [0.3, 0.4) is 0 Å². The van der Waals surface area contributed by atoms with Crippen LogP contribution in [0.25, 0.3) is 6.08 Å². The van der Waals surface area contributed by atoms with Crippen LogP contribution in [0.5, 0.6) is 0 Å². The fourth-order valence-electron chi connectivity index (χ4n) is 3.54. The molecule has 7 heteroatoms. The molecule has 32 heavy (non-hydrogen) atoms. The number of rotatable bonds is 8. The van der Waals surface area contributed by atoms with E-state index in [1.54, 1.807) is 40.7 Å². The van der Waals surface area contributed by atoms with Crippen LogP contribution in [0.2, 0.25) is 0 Å². The van der Waals surface area contributed by atoms with Gasteiger partial charge in [-0.1, -0.05) is 56.2 Å². The van der Waals surface area contributed by atoms with Gasteiger partial charge in [-0.25, -0.2) is 13.2 Å². The molecule has 1 fully saturated rings. The van der Waals surface area contributed by atoms with Crippen molar-refractivity contribution < 1.29 is 22.7 Å². The van der Waals surface area contributed by atoms with E-state index in [0.717, 1.165) is 37.7 Å². The molecule has 0 aromatic heterocycles. The molecule has 0 amide bonds. The van der Waals surface area contributed by atoms with E-state index < -0.39 is 16.0 Å². The van der Waals surface area contributed by atoms with E-state index in [1.807, 2.05) is 19.1 Å². The molecule has 0 radical (unpaired) electrons. The Kier molecular flexibility index (Phi) is 8.36. The summed E-state index contributed by atoms with van der Waals surface area (Å²) >= 11 is 0. The Hall–Kier alpha value is -2.77. The van der Waals surface area contributed by atoms with Crippen LogP contribution in [0.15, 0.2) is 59.5 Å². The minimum absolute atomic E-state index is 0.249. The molecule has 1 aliphatic heterocycles. The van der Waals surface area contributed by atoms with Gasteiger partial charge < -0.3 is 4.74 Å². The van der Waals surface area contributed by atoms with E-state index in [4.69, 9.17) is 4.74 Å². The molecule has 0 aliphatic carbocycles. The minimum atomic E-state index is -3.50. The van der Waals surface area contributed by atoms with Crippen LogP contribution in [0.1, 0.15) is 54.1 Å². The maximum Gasteiger partial charge on any atom is 0.331 e. The summed E-state index contributed by atoms with van der Waals surface area (Å²) in [5.74, 6) is -0.901. The summed E-state index contributed by atoms with van der Waals surface area (Å²) < 4.78 is 32.2. The third kappa shape index (κ3) is 6.37. The molecule has 1 heterocycles. The number of ether oxygens (including phenoxy) is 1. The fraction of sp³-hybridized carbons (Fsp3) is 0.360. The molecular formula is C25H29NO5S. The first-order valence-electron chi connectivity index (χ1n) is 11.0. The normalized spacial score (nSPS) is 15.4. The predicted octanol–water partition coefficient (Wildman–Crippen LogP) is 4.25. The van der Waals surface area contributed by atoms with Gasteiger partial charge in [0, 0.05) is 24.7 Å². The summed E-state index contributed by atoms with van der Waals surface area (Å²) in [6, 6.07) is 13.6. The zero-order valence-corrected chi connectivity index (χ0v) is 19.1. The lowest BCUT2D eigenvalue weighted by Crippen LogP contribution is -2.31. The van der Waals surface area contributed by atoms with Crippen LogP contribution in [0.4, 0.5) is 0 Å². The summed E-state index contributed by atoms with van der Waals surface area (Å²) in [5, 5.41) is 0. The Morgan fingerprint density at radius 3 is 2.16 bits per heavy atom. The van der Waals surface area contributed by atoms with Crippen molar-refractivity contribution in [2.75, 3.05) is 19.7 Å². The lowest BCUT2D eigenvalue weighted by Gasteiger charge is -2.19. The molecule has 1 saturated heterocycles. The Morgan fingerprint density at radius 1 is 0.938 bits per heavy atom. The second kappa shape index (κ2) is 11.2. The van der Waals surface area contributed by atoms with Gasteiger partial charge in [0.25, 0.3) is 0 Å². The Bertz CT molecular complexity index is 1050. The van der Waals surface area contributed by atoms with Gasteiger partial charge in [0.2, 0.25) is 10.0 Å². The number of sulfonamides is 1. The molecule has 6 nitrogen and oxygen atoms in total. The van der Waals surface area contributed by atoms with Gasteiger partial charge in [0.05, 0.1) is 4.90 Å². The summed E-state index contributed by atoms with van der Waals surface area (Å²) in [5.41, 5.74) is 2.30. The highest BCUT2D eigenvalue weighted by Crippen LogP contribution is 2.21. The molecule has 2 aromatic carbocycles. The van der Waals surface area contributed by atoms with Gasteiger partial charge in [0.1, 0.15) is 0 Å². The average Bonchev–Trinajstić information content (AvgIpc) is 3.12. The third-order valence-electron chi connectivity index (χ3n) is 5.52. The number of esters is 1. The number of carbonyl (C=O) groups excluding carboxylic acids is 2. The number of aryl methyl sites for hydroxylation is 1. The van der Waals surface area contributed by atoms with Crippen LogP contribution >= 0.6 is 0 Å². The van der Waals surface area contributed by atoms with Crippen molar-refractivity contribution in [3.05, 3.63) is 71.3 Å². The highest BCUT2D eigenvalue weighted by atomic mass is 32.2. The number of hydrogen-bond donors (Lipinski definition) is 0. The molecule has 0 saturated carbocycles. The van der Waals surface area contributed by atoms with Crippen LogP contribution in [-0.2, 0) is 26.0 Å². The van der Waals surface area contributed by atoms with Crippen molar-refractivity contribution in [2.24, 2.45) is 0 Å². The van der Waals surface area contributed by atoms with E-state index in [9.17, 15) is 18.0 Å². The Balaban J connectivity index is 1.54. The SMILES string of the molecule is CCc1ccc(C(=O)COC(=O)/C=C/c2ccc(S(=O)(=O)N3CCCCCC3)cc2)cc1. The van der Waals surface area contributed by atoms with E-state index in [2.05, 4.69) is 0 Å². The molecule has 3 rings (SSSR count). The molecule has 1 aliphatic rings. The first kappa shape index (κ1) is 23.9. The van der Waals surface area contributed by atoms with E-state index >= 15 is 0 Å². The van der Waals surface area contributed by atoms with Gasteiger partial charge in [-0.2, -0.15) is 4.31 Å². The monoisotopic (exact) mass is 455 g/mol. The zero-order valence-electron chi connectivity index (χ0n) is 18.3. The average molecular weight is 456 g/mol. The van der Waals surface area contributed by atoms with Gasteiger partial charge in [-0.05, 0) is 48.6 Å². The summed E-state index contributed by atoms with van der Waals surface area (Å²) in [7, 11) is -3.50. The van der Waals surface area contributed by atoms with Gasteiger partial charge in [-0.3, -0.25) is 4.79 Å². The summed E-state index contributed by atoms with van der Waals surface area (Å²) in [6.07, 6.45) is 7.53. The van der Waals surface area contributed by atoms with Crippen molar-refractivity contribution in [1.82, 2.24) is 4.31 Å². The highest BCUT2D eigenvalue weighted by molar-refractivity contribution is 7.89. The molecular weight excluding hydrogens is 426 g/mol. The van der Waals surface area contributed by atoms with Crippen LogP contribution in [0, 0.1) is 0 Å². The minimum Gasteiger partial charge on any atom is -0.454 e. The topological polar surface area (TPSA) is 80.8 Å². The maximum atomic E-state index is 12.8. The molecule has 0 bridgehead atoms. The number of benzene rings is 2. The smallest absolute Gasteiger partial charge is 0.331 e. The second-order valence-electron chi connectivity index (χ2n) is 7.80. The van der Waals surface area contributed by atoms with Gasteiger partial charge in [0.15, 0.2) is 12.4 Å². The molecule has 0 spiro atoms. The second-order valence-corrected chi connectivity index (χ2v) is 9.74. The van der Waals surface area contributed by atoms with Crippen molar-refractivity contribution in [1.29, 1.82) is 0 Å². The van der Waals surface area contributed by atoms with E-state index in [1.165, 1.54) is 12.2 Å². The van der Waals surface area contributed by atoms with Crippen molar-refractivity contribution in [3.8, 4) is 0 Å². The predicted molar refractivity (Wildman–Crippen MR) is 124 cm³/mol. The Labute approximate surface area is 189 Å². The molecule has 2 aromatic rings. The highest BCUT2D eigenvalue weighted by Gasteiger charge is 2.24. The number of carbonyl (C=O) groups is 2. The molecule has 170 valence electrons. The van der Waals surface area contributed by atoms with Crippen LogP contribution < -0.4 is 0 Å². The molecule has 0 N–H and O–H groups in total. The lowest BCUT2D eigenvalue weighted by atomic mass is 10.1. The first-order valence-corrected chi connectivity index (χ1v) is 12.4. The zero-order chi connectivity index (χ0) is 23.0. The number of Topliss-reactive ketones (excluding diaryl/α,β-unsaturated/α-hetero) is 1. The summed E-state index contributed by atoms with van der Waals surface area (Å²) in [4.78, 5) is 24.3. The lowest BCUT2D eigenvalue weighted by molar-refractivity contribution is -0.136. The Morgan fingerprint density at radius 2 is 1.56 bits per heavy atom. The van der Waals surface area contributed by atoms with Gasteiger partial charge in [-0.15, -0.1) is 0 Å². The van der Waals surface area contributed by atoms with Gasteiger partial charge >= 0.3 is 5.97 Å².